The Hall–Kier alpha value is -1.46. The van der Waals surface area contributed by atoms with Gasteiger partial charge in [-0.3, -0.25) is 9.48 Å². The molecule has 2 aliphatic rings. The van der Waals surface area contributed by atoms with Crippen LogP contribution in [0.1, 0.15) is 91.9 Å². The van der Waals surface area contributed by atoms with Crippen LogP contribution in [0.25, 0.3) is 0 Å². The number of primary amides is 1. The van der Waals surface area contributed by atoms with Gasteiger partial charge in [-0.05, 0) is 24.7 Å². The third-order valence-corrected chi connectivity index (χ3v) is 6.00. The van der Waals surface area contributed by atoms with Crippen molar-refractivity contribution in [3.63, 3.8) is 0 Å². The van der Waals surface area contributed by atoms with Gasteiger partial charge in [0.15, 0.2) is 0 Å². The summed E-state index contributed by atoms with van der Waals surface area (Å²) in [6.07, 6.45) is 7.76. The van der Waals surface area contributed by atoms with Gasteiger partial charge in [-0.2, -0.15) is 5.10 Å². The molecule has 2 N–H and O–H groups in total. The fourth-order valence-corrected chi connectivity index (χ4v) is 5.01. The van der Waals surface area contributed by atoms with Crippen LogP contribution in [-0.2, 0) is 7.05 Å². The predicted molar refractivity (Wildman–Crippen MR) is 88.0 cm³/mol. The van der Waals surface area contributed by atoms with Crippen LogP contribution in [-0.4, -0.2) is 15.7 Å². The molecule has 1 aromatic heterocycles. The van der Waals surface area contributed by atoms with Crippen molar-refractivity contribution in [1.82, 2.24) is 9.78 Å². The van der Waals surface area contributed by atoms with Crippen molar-refractivity contribution >= 4 is 5.91 Å². The van der Waals surface area contributed by atoms with E-state index < -0.39 is 18.0 Å². The van der Waals surface area contributed by atoms with E-state index in [2.05, 4.69) is 5.10 Å². The molecule has 4 nitrogen and oxygen atoms in total. The lowest BCUT2D eigenvalue weighted by molar-refractivity contribution is 0.0980. The van der Waals surface area contributed by atoms with Crippen molar-refractivity contribution in [2.75, 3.05) is 0 Å². The van der Waals surface area contributed by atoms with E-state index in [0.29, 0.717) is 17.5 Å². The van der Waals surface area contributed by atoms with Gasteiger partial charge in [-0.15, -0.1) is 0 Å². The summed E-state index contributed by atoms with van der Waals surface area (Å²) < 4.78 is 28.1. The lowest BCUT2D eigenvalue weighted by Crippen LogP contribution is -2.30. The minimum atomic E-state index is -2.77. The van der Waals surface area contributed by atoms with Crippen molar-refractivity contribution in [3.8, 4) is 0 Å². The fourth-order valence-electron chi connectivity index (χ4n) is 5.01. The SMILES string of the molecule is Cn1nc(C(F)F)c(C(N)=O)c1C1CCCCC1C1CCCCC1. The molecule has 2 unspecified atom stereocenters. The van der Waals surface area contributed by atoms with Gasteiger partial charge in [0.05, 0.1) is 11.3 Å². The summed E-state index contributed by atoms with van der Waals surface area (Å²) >= 11 is 0. The molecule has 2 aliphatic carbocycles. The van der Waals surface area contributed by atoms with Gasteiger partial charge in [0, 0.05) is 13.0 Å². The van der Waals surface area contributed by atoms with Gasteiger partial charge < -0.3 is 5.73 Å². The lowest BCUT2D eigenvalue weighted by Gasteiger charge is -2.39. The summed E-state index contributed by atoms with van der Waals surface area (Å²) in [7, 11) is 1.67. The largest absolute Gasteiger partial charge is 0.365 e. The highest BCUT2D eigenvalue weighted by Gasteiger charge is 2.38. The number of aryl methyl sites for hydroxylation is 1. The molecule has 1 heterocycles. The Kier molecular flexibility index (Phi) is 5.21. The zero-order chi connectivity index (χ0) is 17.3. The van der Waals surface area contributed by atoms with Gasteiger partial charge in [-0.25, -0.2) is 8.78 Å². The van der Waals surface area contributed by atoms with E-state index >= 15 is 0 Å². The molecule has 2 saturated carbocycles. The first-order valence-electron chi connectivity index (χ1n) is 9.15. The number of aromatic nitrogens is 2. The Morgan fingerprint density at radius 2 is 1.75 bits per heavy atom. The smallest absolute Gasteiger partial charge is 0.282 e. The molecule has 24 heavy (non-hydrogen) atoms. The highest BCUT2D eigenvalue weighted by Crippen LogP contribution is 2.47. The van der Waals surface area contributed by atoms with E-state index in [1.54, 1.807) is 7.05 Å². The van der Waals surface area contributed by atoms with E-state index in [4.69, 9.17) is 5.73 Å². The third-order valence-electron chi connectivity index (χ3n) is 6.00. The molecule has 6 heteroatoms. The number of carbonyl (C=O) groups is 1. The van der Waals surface area contributed by atoms with Crippen molar-refractivity contribution in [2.45, 2.75) is 70.1 Å². The molecule has 0 aliphatic heterocycles. The molecule has 0 aromatic carbocycles. The fraction of sp³-hybridized carbons (Fsp3) is 0.778. The Morgan fingerprint density at radius 1 is 1.12 bits per heavy atom. The van der Waals surface area contributed by atoms with E-state index in [1.165, 1.54) is 43.2 Å². The number of nitrogens with zero attached hydrogens (tertiary/aromatic N) is 2. The number of halogens is 2. The molecule has 1 amide bonds. The molecule has 134 valence electrons. The van der Waals surface area contributed by atoms with Gasteiger partial charge in [0.25, 0.3) is 12.3 Å². The van der Waals surface area contributed by atoms with Crippen molar-refractivity contribution in [3.05, 3.63) is 17.0 Å². The summed E-state index contributed by atoms with van der Waals surface area (Å²) in [6.45, 7) is 0. The summed E-state index contributed by atoms with van der Waals surface area (Å²) in [5.74, 6) is 0.434. The molecule has 0 bridgehead atoms. The van der Waals surface area contributed by atoms with Crippen LogP contribution in [0.2, 0.25) is 0 Å². The molecule has 2 fully saturated rings. The van der Waals surface area contributed by atoms with Crippen molar-refractivity contribution < 1.29 is 13.6 Å². The van der Waals surface area contributed by atoms with Crippen molar-refractivity contribution in [2.24, 2.45) is 24.6 Å². The first-order valence-corrected chi connectivity index (χ1v) is 9.15. The normalized spacial score (nSPS) is 26.0. The van der Waals surface area contributed by atoms with Gasteiger partial charge >= 0.3 is 0 Å². The molecule has 0 radical (unpaired) electrons. The number of amides is 1. The first kappa shape index (κ1) is 17.4. The van der Waals surface area contributed by atoms with Crippen LogP contribution in [0.15, 0.2) is 0 Å². The monoisotopic (exact) mass is 339 g/mol. The average Bonchev–Trinajstić information content (AvgIpc) is 2.93. The maximum Gasteiger partial charge on any atom is 0.282 e. The zero-order valence-electron chi connectivity index (χ0n) is 14.3. The summed E-state index contributed by atoms with van der Waals surface area (Å²) in [6, 6.07) is 0. The van der Waals surface area contributed by atoms with Crippen LogP contribution >= 0.6 is 0 Å². The standard InChI is InChI=1S/C18H27F2N3O/c1-23-16(14(18(21)24)15(22-23)17(19)20)13-10-6-5-9-12(13)11-7-3-2-4-8-11/h11-13,17H,2-10H2,1H3,(H2,21,24). The van der Waals surface area contributed by atoms with Crippen molar-refractivity contribution in [1.29, 1.82) is 0 Å². The van der Waals surface area contributed by atoms with E-state index in [9.17, 15) is 13.6 Å². The highest BCUT2D eigenvalue weighted by molar-refractivity contribution is 5.95. The Balaban J connectivity index is 2.00. The zero-order valence-corrected chi connectivity index (χ0v) is 14.3. The molecule has 0 saturated heterocycles. The number of alkyl halides is 2. The van der Waals surface area contributed by atoms with E-state index in [1.807, 2.05) is 0 Å². The van der Waals surface area contributed by atoms with Gasteiger partial charge in [0.2, 0.25) is 0 Å². The molecular formula is C18H27F2N3O. The molecule has 3 rings (SSSR count). The maximum atomic E-state index is 13.3. The Bertz CT molecular complexity index is 593. The molecular weight excluding hydrogens is 312 g/mol. The lowest BCUT2D eigenvalue weighted by atomic mass is 9.66. The number of carbonyl (C=O) groups excluding carboxylic acids is 1. The minimum absolute atomic E-state index is 0.0276. The number of hydrogen-bond acceptors (Lipinski definition) is 2. The highest BCUT2D eigenvalue weighted by atomic mass is 19.3. The quantitative estimate of drug-likeness (QED) is 0.888. The number of nitrogens with two attached hydrogens (primary N) is 1. The molecule has 0 spiro atoms. The van der Waals surface area contributed by atoms with Crippen LogP contribution < -0.4 is 5.73 Å². The third kappa shape index (κ3) is 3.20. The van der Waals surface area contributed by atoms with E-state index in [0.717, 1.165) is 19.3 Å². The topological polar surface area (TPSA) is 60.9 Å². The van der Waals surface area contributed by atoms with Gasteiger partial charge in [0.1, 0.15) is 5.69 Å². The second kappa shape index (κ2) is 7.19. The van der Waals surface area contributed by atoms with Crippen LogP contribution in [0, 0.1) is 11.8 Å². The molecule has 1 aromatic rings. The van der Waals surface area contributed by atoms with Crippen LogP contribution in [0.5, 0.6) is 0 Å². The van der Waals surface area contributed by atoms with E-state index in [-0.39, 0.29) is 11.5 Å². The molecule has 2 atom stereocenters. The summed E-state index contributed by atoms with van der Waals surface area (Å²) in [5, 5.41) is 3.95. The predicted octanol–water partition coefficient (Wildman–Crippen LogP) is 4.31. The average molecular weight is 339 g/mol. The Labute approximate surface area is 141 Å². The number of hydrogen-bond donors (Lipinski definition) is 1. The van der Waals surface area contributed by atoms with Crippen LogP contribution in [0.3, 0.4) is 0 Å². The summed E-state index contributed by atoms with van der Waals surface area (Å²) in [5.41, 5.74) is 5.64. The van der Waals surface area contributed by atoms with Gasteiger partial charge in [-0.1, -0.05) is 44.9 Å². The summed E-state index contributed by atoms with van der Waals surface area (Å²) in [4.78, 5) is 11.9. The first-order chi connectivity index (χ1) is 11.5. The minimum Gasteiger partial charge on any atom is -0.365 e. The maximum absolute atomic E-state index is 13.3. The Morgan fingerprint density at radius 3 is 2.38 bits per heavy atom. The second-order valence-corrected chi connectivity index (χ2v) is 7.39. The second-order valence-electron chi connectivity index (χ2n) is 7.39. The number of rotatable bonds is 4. The van der Waals surface area contributed by atoms with Crippen LogP contribution in [0.4, 0.5) is 8.78 Å².